The van der Waals surface area contributed by atoms with Crippen molar-refractivity contribution in [1.82, 2.24) is 20.4 Å². The van der Waals surface area contributed by atoms with Gasteiger partial charge in [0.05, 0.1) is 6.54 Å². The van der Waals surface area contributed by atoms with E-state index in [1.165, 1.54) is 0 Å². The van der Waals surface area contributed by atoms with Gasteiger partial charge in [0.2, 0.25) is 0 Å². The average Bonchev–Trinajstić information content (AvgIpc) is 2.56. The lowest BCUT2D eigenvalue weighted by Crippen LogP contribution is -2.55. The first kappa shape index (κ1) is 22.1. The van der Waals surface area contributed by atoms with Gasteiger partial charge in [-0.05, 0) is 45.1 Å². The van der Waals surface area contributed by atoms with Crippen LogP contribution in [-0.4, -0.2) is 68.6 Å². The Kier molecular flexibility index (Phi) is 9.66. The van der Waals surface area contributed by atoms with Gasteiger partial charge >= 0.3 is 0 Å². The summed E-state index contributed by atoms with van der Waals surface area (Å²) in [5, 5.41) is 6.67. The van der Waals surface area contributed by atoms with E-state index in [1.54, 1.807) is 19.1 Å². The van der Waals surface area contributed by atoms with Gasteiger partial charge in [0, 0.05) is 38.8 Å². The highest BCUT2D eigenvalue weighted by Crippen LogP contribution is 2.10. The van der Waals surface area contributed by atoms with Gasteiger partial charge in [-0.3, -0.25) is 4.90 Å². The van der Waals surface area contributed by atoms with Crippen molar-refractivity contribution in [2.45, 2.75) is 26.4 Å². The minimum Gasteiger partial charge on any atom is -0.357 e. The molecule has 1 aliphatic heterocycles. The summed E-state index contributed by atoms with van der Waals surface area (Å²) in [6, 6.07) is 5.75. The van der Waals surface area contributed by atoms with Crippen LogP contribution in [-0.2, 0) is 6.54 Å². The predicted octanol–water partition coefficient (Wildman–Crippen LogP) is 2.05. The molecule has 1 atom stereocenters. The molecule has 25 heavy (non-hydrogen) atoms. The fourth-order valence-electron chi connectivity index (χ4n) is 2.78. The molecular weight excluding hydrogens is 432 g/mol. The molecule has 0 spiro atoms. The third-order valence-corrected chi connectivity index (χ3v) is 4.49. The summed E-state index contributed by atoms with van der Waals surface area (Å²) in [5.41, 5.74) is 1.54. The van der Waals surface area contributed by atoms with Crippen molar-refractivity contribution in [3.05, 3.63) is 35.1 Å². The number of hydrogen-bond donors (Lipinski definition) is 2. The lowest BCUT2D eigenvalue weighted by Gasteiger charge is -2.37. The molecule has 0 aromatic heterocycles. The van der Waals surface area contributed by atoms with E-state index in [9.17, 15) is 4.39 Å². The van der Waals surface area contributed by atoms with Gasteiger partial charge in [-0.25, -0.2) is 9.38 Å². The first-order valence-electron chi connectivity index (χ1n) is 8.65. The van der Waals surface area contributed by atoms with E-state index in [0.29, 0.717) is 18.2 Å². The molecular formula is C18H31FIN5. The van der Waals surface area contributed by atoms with Crippen molar-refractivity contribution in [1.29, 1.82) is 0 Å². The van der Waals surface area contributed by atoms with Crippen LogP contribution in [0.15, 0.2) is 23.2 Å². The maximum absolute atomic E-state index is 13.6. The highest BCUT2D eigenvalue weighted by molar-refractivity contribution is 14.0. The predicted molar refractivity (Wildman–Crippen MR) is 113 cm³/mol. The fraction of sp³-hybridized carbons (Fsp3) is 0.611. The summed E-state index contributed by atoms with van der Waals surface area (Å²) in [5.74, 6) is 0.604. The quantitative estimate of drug-likeness (QED) is 0.399. The molecule has 5 nitrogen and oxygen atoms in total. The van der Waals surface area contributed by atoms with Gasteiger partial charge in [0.25, 0.3) is 0 Å². The number of aliphatic imine (C=N–C) groups is 1. The number of guanidine groups is 1. The number of benzene rings is 1. The molecule has 2 N–H and O–H groups in total. The molecule has 1 aromatic carbocycles. The van der Waals surface area contributed by atoms with Crippen molar-refractivity contribution in [3.8, 4) is 0 Å². The Balaban J connectivity index is 0.00000312. The third kappa shape index (κ3) is 7.07. The number of halogens is 2. The van der Waals surface area contributed by atoms with E-state index in [-0.39, 0.29) is 29.8 Å². The second-order valence-electron chi connectivity index (χ2n) is 6.56. The van der Waals surface area contributed by atoms with Gasteiger partial charge in [-0.2, -0.15) is 0 Å². The zero-order valence-electron chi connectivity index (χ0n) is 15.7. The number of aryl methyl sites for hydroxylation is 1. The van der Waals surface area contributed by atoms with Crippen LogP contribution in [0.25, 0.3) is 0 Å². The minimum atomic E-state index is -0.174. The van der Waals surface area contributed by atoms with Crippen molar-refractivity contribution in [3.63, 3.8) is 0 Å². The molecule has 0 aliphatic carbocycles. The number of nitrogens with zero attached hydrogens (tertiary/aromatic N) is 3. The fourth-order valence-corrected chi connectivity index (χ4v) is 2.78. The second-order valence-corrected chi connectivity index (χ2v) is 6.56. The Morgan fingerprint density at radius 3 is 2.72 bits per heavy atom. The largest absolute Gasteiger partial charge is 0.357 e. The van der Waals surface area contributed by atoms with Crippen LogP contribution in [0.4, 0.5) is 4.39 Å². The van der Waals surface area contributed by atoms with Crippen LogP contribution >= 0.6 is 24.0 Å². The van der Waals surface area contributed by atoms with Crippen LogP contribution in [0.1, 0.15) is 18.1 Å². The van der Waals surface area contributed by atoms with E-state index < -0.39 is 0 Å². The molecule has 142 valence electrons. The monoisotopic (exact) mass is 463 g/mol. The van der Waals surface area contributed by atoms with E-state index in [1.807, 2.05) is 13.0 Å². The number of nitrogens with one attached hydrogen (secondary N) is 2. The Bertz CT molecular complexity index is 566. The number of hydrogen-bond acceptors (Lipinski definition) is 3. The molecule has 1 fully saturated rings. The highest BCUT2D eigenvalue weighted by Gasteiger charge is 2.21. The molecule has 1 aliphatic rings. The maximum Gasteiger partial charge on any atom is 0.191 e. The minimum absolute atomic E-state index is 0. The lowest BCUT2D eigenvalue weighted by molar-refractivity contribution is 0.116. The van der Waals surface area contributed by atoms with Crippen LogP contribution in [0, 0.1) is 12.7 Å². The van der Waals surface area contributed by atoms with Crippen LogP contribution in [0.3, 0.4) is 0 Å². The van der Waals surface area contributed by atoms with E-state index >= 15 is 0 Å². The smallest absolute Gasteiger partial charge is 0.191 e. The highest BCUT2D eigenvalue weighted by atomic mass is 127. The number of likely N-dealkylation sites (N-methyl/N-ethyl adjacent to an activating group) is 2. The molecule has 0 amide bonds. The van der Waals surface area contributed by atoms with Gasteiger partial charge < -0.3 is 15.5 Å². The summed E-state index contributed by atoms with van der Waals surface area (Å²) in [4.78, 5) is 9.31. The Labute approximate surface area is 168 Å². The van der Waals surface area contributed by atoms with Crippen molar-refractivity contribution < 1.29 is 4.39 Å². The Morgan fingerprint density at radius 2 is 2.04 bits per heavy atom. The van der Waals surface area contributed by atoms with Crippen molar-refractivity contribution >= 4 is 29.9 Å². The van der Waals surface area contributed by atoms with Crippen LogP contribution in [0.2, 0.25) is 0 Å². The van der Waals surface area contributed by atoms with Gasteiger partial charge in [0.1, 0.15) is 5.82 Å². The average molecular weight is 463 g/mol. The molecule has 1 saturated heterocycles. The lowest BCUT2D eigenvalue weighted by atomic mass is 10.1. The SMILES string of the molecule is CCNC(=NCc1ccc(C)c(F)c1)NCC1CN(C)CCN1C.I. The molecule has 1 heterocycles. The third-order valence-electron chi connectivity index (χ3n) is 4.49. The second kappa shape index (κ2) is 10.9. The van der Waals surface area contributed by atoms with Gasteiger partial charge in [0.15, 0.2) is 5.96 Å². The summed E-state index contributed by atoms with van der Waals surface area (Å²) in [6.07, 6.45) is 0. The first-order chi connectivity index (χ1) is 11.5. The summed E-state index contributed by atoms with van der Waals surface area (Å²) in [6.45, 7) is 9.16. The van der Waals surface area contributed by atoms with Crippen molar-refractivity contribution in [2.24, 2.45) is 4.99 Å². The van der Waals surface area contributed by atoms with E-state index in [0.717, 1.165) is 44.2 Å². The van der Waals surface area contributed by atoms with E-state index in [4.69, 9.17) is 0 Å². The van der Waals surface area contributed by atoms with Gasteiger partial charge in [-0.1, -0.05) is 12.1 Å². The first-order valence-corrected chi connectivity index (χ1v) is 8.65. The van der Waals surface area contributed by atoms with Crippen LogP contribution in [0.5, 0.6) is 0 Å². The van der Waals surface area contributed by atoms with Gasteiger partial charge in [-0.15, -0.1) is 24.0 Å². The summed E-state index contributed by atoms with van der Waals surface area (Å²) < 4.78 is 13.6. The Hall–Kier alpha value is -0.930. The van der Waals surface area contributed by atoms with Crippen molar-refractivity contribution in [2.75, 3.05) is 46.8 Å². The molecule has 2 rings (SSSR count). The standard InChI is InChI=1S/C18H30FN5.HI/c1-5-20-18(21-11-15-7-6-14(2)17(19)10-15)22-12-16-13-23(3)8-9-24(16)4;/h6-7,10,16H,5,8-9,11-13H2,1-4H3,(H2,20,21,22);1H. The topological polar surface area (TPSA) is 42.9 Å². The number of rotatable bonds is 5. The summed E-state index contributed by atoms with van der Waals surface area (Å²) >= 11 is 0. The zero-order valence-corrected chi connectivity index (χ0v) is 18.0. The normalized spacial score (nSPS) is 19.4. The molecule has 1 aromatic rings. The molecule has 0 saturated carbocycles. The Morgan fingerprint density at radius 1 is 1.28 bits per heavy atom. The molecule has 7 heteroatoms. The van der Waals surface area contributed by atoms with Crippen LogP contribution < -0.4 is 10.6 Å². The zero-order chi connectivity index (χ0) is 17.5. The number of piperazine rings is 1. The molecule has 0 radical (unpaired) electrons. The molecule has 0 bridgehead atoms. The van der Waals surface area contributed by atoms with E-state index in [2.05, 4.69) is 39.5 Å². The molecule has 1 unspecified atom stereocenters. The maximum atomic E-state index is 13.6. The summed E-state index contributed by atoms with van der Waals surface area (Å²) in [7, 11) is 4.32.